The van der Waals surface area contributed by atoms with E-state index in [0.717, 1.165) is 25.9 Å². The summed E-state index contributed by atoms with van der Waals surface area (Å²) in [4.78, 5) is 14.7. The zero-order valence-electron chi connectivity index (χ0n) is 11.3. The van der Waals surface area contributed by atoms with Gasteiger partial charge in [0.05, 0.1) is 5.54 Å². The molecule has 96 valence electrons. The molecule has 1 saturated heterocycles. The molecular formula is C15H25NO. The van der Waals surface area contributed by atoms with Crippen molar-refractivity contribution in [3.8, 4) is 12.3 Å². The van der Waals surface area contributed by atoms with Crippen molar-refractivity contribution in [3.05, 3.63) is 0 Å². The van der Waals surface area contributed by atoms with Crippen LogP contribution in [-0.2, 0) is 4.79 Å². The van der Waals surface area contributed by atoms with Gasteiger partial charge in [-0.2, -0.15) is 0 Å². The van der Waals surface area contributed by atoms with Crippen LogP contribution in [0.15, 0.2) is 0 Å². The Kier molecular flexibility index (Phi) is 5.71. The summed E-state index contributed by atoms with van der Waals surface area (Å²) in [5.41, 5.74) is -0.255. The van der Waals surface area contributed by atoms with Gasteiger partial charge in [-0.05, 0) is 45.7 Å². The number of piperidine rings is 1. The summed E-state index contributed by atoms with van der Waals surface area (Å²) in [6, 6.07) is 0. The number of hydrogen-bond acceptors (Lipinski definition) is 2. The van der Waals surface area contributed by atoms with Gasteiger partial charge in [0.15, 0.2) is 5.78 Å². The lowest BCUT2D eigenvalue weighted by molar-refractivity contribution is -0.131. The molecule has 0 aromatic heterocycles. The summed E-state index contributed by atoms with van der Waals surface area (Å²) < 4.78 is 0. The Labute approximate surface area is 106 Å². The van der Waals surface area contributed by atoms with Crippen LogP contribution in [0.4, 0.5) is 0 Å². The summed E-state index contributed by atoms with van der Waals surface area (Å²) in [6.45, 7) is 6.38. The molecule has 1 rings (SSSR count). The molecule has 1 fully saturated rings. The summed E-state index contributed by atoms with van der Waals surface area (Å²) in [5, 5.41) is 0. The molecule has 17 heavy (non-hydrogen) atoms. The van der Waals surface area contributed by atoms with Crippen LogP contribution >= 0.6 is 0 Å². The lowest BCUT2D eigenvalue weighted by Gasteiger charge is -2.42. The van der Waals surface area contributed by atoms with Gasteiger partial charge in [-0.1, -0.05) is 13.3 Å². The Hall–Kier alpha value is -0.810. The van der Waals surface area contributed by atoms with Gasteiger partial charge in [-0.25, -0.2) is 0 Å². The fraction of sp³-hybridized carbons (Fsp3) is 0.800. The van der Waals surface area contributed by atoms with Crippen molar-refractivity contribution in [3.63, 3.8) is 0 Å². The average molecular weight is 235 g/mol. The van der Waals surface area contributed by atoms with E-state index in [1.165, 1.54) is 19.3 Å². The van der Waals surface area contributed by atoms with Gasteiger partial charge in [0.2, 0.25) is 0 Å². The zero-order valence-corrected chi connectivity index (χ0v) is 11.3. The van der Waals surface area contributed by atoms with Crippen LogP contribution < -0.4 is 0 Å². The van der Waals surface area contributed by atoms with Crippen LogP contribution in [0.5, 0.6) is 0 Å². The van der Waals surface area contributed by atoms with Gasteiger partial charge < -0.3 is 0 Å². The van der Waals surface area contributed by atoms with Gasteiger partial charge >= 0.3 is 0 Å². The Morgan fingerprint density at radius 2 is 2.00 bits per heavy atom. The van der Waals surface area contributed by atoms with Crippen LogP contribution in [0, 0.1) is 12.3 Å². The predicted molar refractivity (Wildman–Crippen MR) is 71.8 cm³/mol. The van der Waals surface area contributed by atoms with Crippen molar-refractivity contribution >= 4 is 5.78 Å². The topological polar surface area (TPSA) is 20.3 Å². The fourth-order valence-corrected chi connectivity index (χ4v) is 2.60. The van der Waals surface area contributed by atoms with Gasteiger partial charge in [0.25, 0.3) is 0 Å². The van der Waals surface area contributed by atoms with Gasteiger partial charge in [0.1, 0.15) is 0 Å². The van der Waals surface area contributed by atoms with E-state index in [0.29, 0.717) is 18.6 Å². The molecule has 1 aliphatic heterocycles. The number of carbonyl (C=O) groups excluding carboxylic acids is 1. The first-order chi connectivity index (χ1) is 8.15. The van der Waals surface area contributed by atoms with E-state index in [1.807, 2.05) is 0 Å². The number of rotatable bonds is 6. The van der Waals surface area contributed by atoms with Crippen LogP contribution in [0.1, 0.15) is 58.8 Å². The summed E-state index contributed by atoms with van der Waals surface area (Å²) in [7, 11) is 0. The van der Waals surface area contributed by atoms with Crippen LogP contribution in [-0.4, -0.2) is 29.3 Å². The number of ketones is 1. The smallest absolute Gasteiger partial charge is 0.152 e. The molecule has 2 nitrogen and oxygen atoms in total. The molecule has 0 aliphatic carbocycles. The number of hydrogen-bond donors (Lipinski definition) is 0. The highest BCUT2D eigenvalue weighted by atomic mass is 16.1. The molecule has 0 saturated carbocycles. The van der Waals surface area contributed by atoms with Crippen molar-refractivity contribution in [2.24, 2.45) is 0 Å². The van der Waals surface area contributed by atoms with E-state index >= 15 is 0 Å². The maximum atomic E-state index is 12.4. The van der Waals surface area contributed by atoms with Gasteiger partial charge in [0, 0.05) is 12.8 Å². The monoisotopic (exact) mass is 235 g/mol. The zero-order chi connectivity index (χ0) is 12.7. The molecule has 0 aromatic carbocycles. The SMILES string of the molecule is C#CCCCC(=O)C(C)(CC)N1CCCCC1. The molecule has 1 heterocycles. The lowest BCUT2D eigenvalue weighted by atomic mass is 9.86. The third-order valence-corrected chi connectivity index (χ3v) is 4.07. The molecule has 1 unspecified atom stereocenters. The Morgan fingerprint density at radius 1 is 1.35 bits per heavy atom. The molecule has 2 heteroatoms. The van der Waals surface area contributed by atoms with E-state index in [9.17, 15) is 4.79 Å². The number of likely N-dealkylation sites (tertiary alicyclic amines) is 1. The highest BCUT2D eigenvalue weighted by molar-refractivity contribution is 5.87. The van der Waals surface area contributed by atoms with Gasteiger partial charge in [-0.15, -0.1) is 12.3 Å². The molecule has 0 spiro atoms. The second-order valence-electron chi connectivity index (χ2n) is 5.16. The lowest BCUT2D eigenvalue weighted by Crippen LogP contribution is -2.53. The van der Waals surface area contributed by atoms with Gasteiger partial charge in [-0.3, -0.25) is 9.69 Å². The van der Waals surface area contributed by atoms with Crippen LogP contribution in [0.25, 0.3) is 0 Å². The maximum absolute atomic E-state index is 12.4. The minimum Gasteiger partial charge on any atom is -0.298 e. The van der Waals surface area contributed by atoms with E-state index < -0.39 is 0 Å². The van der Waals surface area contributed by atoms with Crippen LogP contribution in [0.3, 0.4) is 0 Å². The summed E-state index contributed by atoms with van der Waals surface area (Å²) in [5.74, 6) is 2.98. The molecule has 0 aromatic rings. The number of carbonyl (C=O) groups is 1. The summed E-state index contributed by atoms with van der Waals surface area (Å²) >= 11 is 0. The number of Topliss-reactive ketones (excluding diaryl/α,β-unsaturated/α-hetero) is 1. The Balaban J connectivity index is 2.59. The second kappa shape index (κ2) is 6.81. The van der Waals surface area contributed by atoms with Crippen molar-refractivity contribution in [2.45, 2.75) is 64.3 Å². The normalized spacial score (nSPS) is 20.5. The highest BCUT2D eigenvalue weighted by Gasteiger charge is 2.36. The highest BCUT2D eigenvalue weighted by Crippen LogP contribution is 2.26. The average Bonchev–Trinajstić information content (AvgIpc) is 2.39. The van der Waals surface area contributed by atoms with E-state index in [4.69, 9.17) is 6.42 Å². The Morgan fingerprint density at radius 3 is 2.53 bits per heavy atom. The van der Waals surface area contributed by atoms with E-state index in [-0.39, 0.29) is 5.54 Å². The van der Waals surface area contributed by atoms with Crippen molar-refractivity contribution in [1.82, 2.24) is 4.90 Å². The summed E-state index contributed by atoms with van der Waals surface area (Å²) in [6.07, 6.45) is 12.1. The minimum absolute atomic E-state index is 0.255. The first kappa shape index (κ1) is 14.3. The molecular weight excluding hydrogens is 210 g/mol. The molecule has 0 radical (unpaired) electrons. The van der Waals surface area contributed by atoms with Crippen molar-refractivity contribution in [2.75, 3.05) is 13.1 Å². The predicted octanol–water partition coefficient (Wildman–Crippen LogP) is 3.01. The second-order valence-corrected chi connectivity index (χ2v) is 5.16. The maximum Gasteiger partial charge on any atom is 0.152 e. The number of terminal acetylenes is 1. The minimum atomic E-state index is -0.255. The largest absolute Gasteiger partial charge is 0.298 e. The first-order valence-corrected chi connectivity index (χ1v) is 6.87. The molecule has 0 bridgehead atoms. The number of nitrogens with zero attached hydrogens (tertiary/aromatic N) is 1. The quantitative estimate of drug-likeness (QED) is 0.521. The van der Waals surface area contributed by atoms with Crippen LogP contribution in [0.2, 0.25) is 0 Å². The third kappa shape index (κ3) is 3.57. The van der Waals surface area contributed by atoms with Crippen molar-refractivity contribution in [1.29, 1.82) is 0 Å². The fourth-order valence-electron chi connectivity index (χ4n) is 2.60. The van der Waals surface area contributed by atoms with E-state index in [2.05, 4.69) is 24.7 Å². The first-order valence-electron chi connectivity index (χ1n) is 6.87. The molecule has 1 aliphatic rings. The Bertz CT molecular complexity index is 286. The third-order valence-electron chi connectivity index (χ3n) is 4.07. The number of unbranched alkanes of at least 4 members (excludes halogenated alkanes) is 1. The van der Waals surface area contributed by atoms with E-state index in [1.54, 1.807) is 0 Å². The standard InChI is InChI=1S/C15H25NO/c1-4-6-8-11-14(17)15(3,5-2)16-12-9-7-10-13-16/h1H,5-13H2,2-3H3. The van der Waals surface area contributed by atoms with Crippen molar-refractivity contribution < 1.29 is 4.79 Å². The molecule has 0 amide bonds. The molecule has 1 atom stereocenters. The molecule has 0 N–H and O–H groups in total.